The van der Waals surface area contributed by atoms with Crippen LogP contribution in [-0.4, -0.2) is 32.9 Å². The van der Waals surface area contributed by atoms with E-state index in [0.29, 0.717) is 6.04 Å². The van der Waals surface area contributed by atoms with Gasteiger partial charge in [0.1, 0.15) is 5.65 Å². The SMILES string of the molecule is CC1C(N)CCN1Cc1cn2cc(Cl)ccc2n1. The lowest BCUT2D eigenvalue weighted by atomic mass is 10.2. The Bertz CT molecular complexity index is 565. The van der Waals surface area contributed by atoms with Crippen LogP contribution in [0.25, 0.3) is 5.65 Å². The predicted molar refractivity (Wildman–Crippen MR) is 72.7 cm³/mol. The lowest BCUT2D eigenvalue weighted by Crippen LogP contribution is -2.36. The van der Waals surface area contributed by atoms with Crippen LogP contribution in [0.15, 0.2) is 24.5 Å². The first-order valence-electron chi connectivity index (χ1n) is 6.26. The van der Waals surface area contributed by atoms with Gasteiger partial charge in [-0.3, -0.25) is 4.90 Å². The van der Waals surface area contributed by atoms with E-state index in [-0.39, 0.29) is 6.04 Å². The number of likely N-dealkylation sites (tertiary alicyclic amines) is 1. The fourth-order valence-electron chi connectivity index (χ4n) is 2.56. The van der Waals surface area contributed by atoms with Gasteiger partial charge in [0.15, 0.2) is 0 Å². The van der Waals surface area contributed by atoms with Gasteiger partial charge in [0.2, 0.25) is 0 Å². The second-order valence-electron chi connectivity index (χ2n) is 5.01. The highest BCUT2D eigenvalue weighted by Crippen LogP contribution is 2.19. The van der Waals surface area contributed by atoms with Crippen molar-refractivity contribution in [3.8, 4) is 0 Å². The van der Waals surface area contributed by atoms with Gasteiger partial charge in [-0.2, -0.15) is 0 Å². The molecule has 4 nitrogen and oxygen atoms in total. The first kappa shape index (κ1) is 12.0. The van der Waals surface area contributed by atoms with Crippen molar-refractivity contribution in [3.63, 3.8) is 0 Å². The van der Waals surface area contributed by atoms with Crippen LogP contribution in [0.2, 0.25) is 5.02 Å². The topological polar surface area (TPSA) is 46.6 Å². The molecule has 2 aromatic heterocycles. The fourth-order valence-corrected chi connectivity index (χ4v) is 2.72. The number of fused-ring (bicyclic) bond motifs is 1. The van der Waals surface area contributed by atoms with E-state index in [1.54, 1.807) is 0 Å². The van der Waals surface area contributed by atoms with Crippen LogP contribution in [0.4, 0.5) is 0 Å². The van der Waals surface area contributed by atoms with Gasteiger partial charge in [-0.25, -0.2) is 4.98 Å². The summed E-state index contributed by atoms with van der Waals surface area (Å²) in [7, 11) is 0. The summed E-state index contributed by atoms with van der Waals surface area (Å²) in [6.45, 7) is 4.09. The van der Waals surface area contributed by atoms with E-state index >= 15 is 0 Å². The van der Waals surface area contributed by atoms with Crippen LogP contribution in [0, 0.1) is 0 Å². The number of pyridine rings is 1. The van der Waals surface area contributed by atoms with Gasteiger partial charge in [0.25, 0.3) is 0 Å². The molecule has 0 aromatic carbocycles. The fraction of sp³-hybridized carbons (Fsp3) is 0.462. The quantitative estimate of drug-likeness (QED) is 0.901. The highest BCUT2D eigenvalue weighted by molar-refractivity contribution is 6.30. The maximum absolute atomic E-state index is 6.03. The lowest BCUT2D eigenvalue weighted by molar-refractivity contribution is 0.249. The zero-order valence-electron chi connectivity index (χ0n) is 10.4. The molecule has 1 aliphatic heterocycles. The molecular weight excluding hydrogens is 248 g/mol. The average molecular weight is 265 g/mol. The van der Waals surface area contributed by atoms with Gasteiger partial charge in [-0.15, -0.1) is 0 Å². The molecule has 2 atom stereocenters. The smallest absolute Gasteiger partial charge is 0.137 e. The van der Waals surface area contributed by atoms with E-state index in [0.717, 1.165) is 35.9 Å². The normalized spacial score (nSPS) is 25.1. The molecule has 5 heteroatoms. The summed E-state index contributed by atoms with van der Waals surface area (Å²) in [6, 6.07) is 4.52. The van der Waals surface area contributed by atoms with Crippen molar-refractivity contribution >= 4 is 17.2 Å². The van der Waals surface area contributed by atoms with Gasteiger partial charge in [-0.05, 0) is 25.5 Å². The van der Waals surface area contributed by atoms with Gasteiger partial charge < -0.3 is 10.1 Å². The number of rotatable bonds is 2. The number of halogens is 1. The minimum Gasteiger partial charge on any atom is -0.326 e. The van der Waals surface area contributed by atoms with Crippen LogP contribution in [0.3, 0.4) is 0 Å². The first-order valence-corrected chi connectivity index (χ1v) is 6.64. The van der Waals surface area contributed by atoms with Gasteiger partial charge in [0.05, 0.1) is 10.7 Å². The van der Waals surface area contributed by atoms with Crippen molar-refractivity contribution in [3.05, 3.63) is 35.2 Å². The minimum atomic E-state index is 0.288. The molecule has 2 aromatic rings. The summed E-state index contributed by atoms with van der Waals surface area (Å²) < 4.78 is 1.97. The number of hydrogen-bond donors (Lipinski definition) is 1. The Balaban J connectivity index is 1.83. The number of nitrogens with zero attached hydrogens (tertiary/aromatic N) is 3. The first-order chi connectivity index (χ1) is 8.63. The van der Waals surface area contributed by atoms with Crippen LogP contribution >= 0.6 is 11.6 Å². The summed E-state index contributed by atoms with van der Waals surface area (Å²) in [5, 5.41) is 0.725. The Morgan fingerprint density at radius 1 is 1.44 bits per heavy atom. The molecule has 18 heavy (non-hydrogen) atoms. The van der Waals surface area contributed by atoms with E-state index in [1.807, 2.05) is 28.9 Å². The van der Waals surface area contributed by atoms with E-state index in [9.17, 15) is 0 Å². The highest BCUT2D eigenvalue weighted by atomic mass is 35.5. The molecule has 0 saturated carbocycles. The van der Waals surface area contributed by atoms with Crippen LogP contribution < -0.4 is 5.73 Å². The number of nitrogens with two attached hydrogens (primary N) is 1. The predicted octanol–water partition coefficient (Wildman–Crippen LogP) is 1.91. The monoisotopic (exact) mass is 264 g/mol. The van der Waals surface area contributed by atoms with Crippen molar-refractivity contribution in [1.29, 1.82) is 0 Å². The Labute approximate surface area is 111 Å². The van der Waals surface area contributed by atoms with E-state index in [4.69, 9.17) is 17.3 Å². The summed E-state index contributed by atoms with van der Waals surface area (Å²) in [6.07, 6.45) is 4.99. The largest absolute Gasteiger partial charge is 0.326 e. The van der Waals surface area contributed by atoms with E-state index in [1.165, 1.54) is 0 Å². The second-order valence-corrected chi connectivity index (χ2v) is 5.45. The average Bonchev–Trinajstić information content (AvgIpc) is 2.86. The molecule has 96 valence electrons. The molecular formula is C13H17ClN4. The summed E-state index contributed by atoms with van der Waals surface area (Å²) in [5.41, 5.74) is 8.04. The van der Waals surface area contributed by atoms with Crippen LogP contribution in [0.5, 0.6) is 0 Å². The molecule has 0 spiro atoms. The molecule has 1 saturated heterocycles. The third-order valence-corrected chi connectivity index (χ3v) is 4.00. The Morgan fingerprint density at radius 3 is 3.00 bits per heavy atom. The van der Waals surface area contributed by atoms with Crippen molar-refractivity contribution in [2.24, 2.45) is 5.73 Å². The molecule has 1 fully saturated rings. The van der Waals surface area contributed by atoms with Crippen molar-refractivity contribution in [2.45, 2.75) is 32.0 Å². The van der Waals surface area contributed by atoms with Crippen molar-refractivity contribution in [1.82, 2.24) is 14.3 Å². The number of hydrogen-bond acceptors (Lipinski definition) is 3. The molecule has 3 heterocycles. The third kappa shape index (κ3) is 2.11. The zero-order valence-corrected chi connectivity index (χ0v) is 11.1. The summed E-state index contributed by atoms with van der Waals surface area (Å²) in [5.74, 6) is 0. The third-order valence-electron chi connectivity index (χ3n) is 3.78. The minimum absolute atomic E-state index is 0.288. The maximum atomic E-state index is 6.03. The van der Waals surface area contributed by atoms with Crippen molar-refractivity contribution < 1.29 is 0 Å². The Morgan fingerprint density at radius 2 is 2.28 bits per heavy atom. The Kier molecular flexibility index (Phi) is 3.01. The molecule has 0 aliphatic carbocycles. The molecule has 0 radical (unpaired) electrons. The van der Waals surface area contributed by atoms with E-state index in [2.05, 4.69) is 16.8 Å². The summed E-state index contributed by atoms with van der Waals surface area (Å²) >= 11 is 5.96. The van der Waals surface area contributed by atoms with E-state index < -0.39 is 0 Å². The Hall–Kier alpha value is -1.10. The number of aromatic nitrogens is 2. The van der Waals surface area contributed by atoms with Crippen LogP contribution in [-0.2, 0) is 6.54 Å². The number of imidazole rings is 1. The molecule has 2 N–H and O–H groups in total. The molecule has 1 aliphatic rings. The maximum Gasteiger partial charge on any atom is 0.137 e. The molecule has 3 rings (SSSR count). The summed E-state index contributed by atoms with van der Waals surface area (Å²) in [4.78, 5) is 6.98. The molecule has 0 bridgehead atoms. The van der Waals surface area contributed by atoms with Crippen LogP contribution in [0.1, 0.15) is 19.0 Å². The van der Waals surface area contributed by atoms with Gasteiger partial charge in [0, 0.05) is 37.6 Å². The van der Waals surface area contributed by atoms with Crippen molar-refractivity contribution in [2.75, 3.05) is 6.54 Å². The zero-order chi connectivity index (χ0) is 12.7. The highest BCUT2D eigenvalue weighted by Gasteiger charge is 2.27. The standard InChI is InChI=1S/C13H17ClN4/c1-9-12(15)4-5-17(9)7-11-8-18-6-10(14)2-3-13(18)16-11/h2-3,6,8-9,12H,4-5,7,15H2,1H3. The lowest BCUT2D eigenvalue weighted by Gasteiger charge is -2.21. The molecule has 2 unspecified atom stereocenters. The van der Waals surface area contributed by atoms with Gasteiger partial charge in [-0.1, -0.05) is 11.6 Å². The van der Waals surface area contributed by atoms with Gasteiger partial charge >= 0.3 is 0 Å². The second kappa shape index (κ2) is 4.53. The molecule has 0 amide bonds.